The summed E-state index contributed by atoms with van der Waals surface area (Å²) in [6.07, 6.45) is 14.8. The van der Waals surface area contributed by atoms with Crippen molar-refractivity contribution >= 4 is 17.5 Å². The highest BCUT2D eigenvalue weighted by atomic mass is 35.5. The quantitative estimate of drug-likeness (QED) is 0.342. The molecule has 0 aromatic heterocycles. The molecule has 0 radical (unpaired) electrons. The minimum Gasteiger partial charge on any atom is -0.377 e. The van der Waals surface area contributed by atoms with Crippen LogP contribution >= 0.6 is 11.6 Å². The van der Waals surface area contributed by atoms with Gasteiger partial charge in [-0.3, -0.25) is 4.79 Å². The van der Waals surface area contributed by atoms with Crippen molar-refractivity contribution < 1.29 is 9.53 Å². The average Bonchev–Trinajstić information content (AvgIpc) is 3.10. The summed E-state index contributed by atoms with van der Waals surface area (Å²) in [6.45, 7) is 10.1. The Morgan fingerprint density at radius 3 is 2.42 bits per heavy atom. The van der Waals surface area contributed by atoms with E-state index in [2.05, 4.69) is 17.9 Å². The number of amides is 1. The number of benzene rings is 1. The molecular formula is C27H40ClNO2. The average molecular weight is 446 g/mol. The zero-order chi connectivity index (χ0) is 22.6. The first-order valence-corrected chi connectivity index (χ1v) is 12.2. The summed E-state index contributed by atoms with van der Waals surface area (Å²) < 4.78 is 5.87. The van der Waals surface area contributed by atoms with Gasteiger partial charge in [0.1, 0.15) is 0 Å². The van der Waals surface area contributed by atoms with E-state index < -0.39 is 0 Å². The summed E-state index contributed by atoms with van der Waals surface area (Å²) in [5, 5.41) is 0.771. The van der Waals surface area contributed by atoms with Crippen molar-refractivity contribution in [1.29, 1.82) is 0 Å². The van der Waals surface area contributed by atoms with Gasteiger partial charge in [0.25, 0.3) is 0 Å². The molecule has 1 aromatic carbocycles. The van der Waals surface area contributed by atoms with Crippen LogP contribution in [0, 0.1) is 18.8 Å². The molecule has 1 aliphatic carbocycles. The third-order valence-corrected chi connectivity index (χ3v) is 6.86. The molecule has 0 N–H and O–H groups in total. The number of hydrogen-bond acceptors (Lipinski definition) is 2. The lowest BCUT2D eigenvalue weighted by molar-refractivity contribution is -0.133. The number of hydrogen-bond donors (Lipinski definition) is 0. The van der Waals surface area contributed by atoms with Gasteiger partial charge in [0.2, 0.25) is 5.91 Å². The molecule has 1 amide bonds. The predicted octanol–water partition coefficient (Wildman–Crippen LogP) is 6.77. The van der Waals surface area contributed by atoms with E-state index in [1.165, 1.54) is 24.8 Å². The first-order chi connectivity index (χ1) is 15.0. The molecule has 2 atom stereocenters. The minimum absolute atomic E-state index is 0.0314. The topological polar surface area (TPSA) is 29.5 Å². The van der Waals surface area contributed by atoms with Crippen LogP contribution in [0.5, 0.6) is 0 Å². The molecule has 31 heavy (non-hydrogen) atoms. The van der Waals surface area contributed by atoms with Gasteiger partial charge in [-0.15, -0.1) is 0 Å². The van der Waals surface area contributed by atoms with Crippen LogP contribution < -0.4 is 0 Å². The van der Waals surface area contributed by atoms with Crippen LogP contribution in [-0.4, -0.2) is 36.6 Å². The molecule has 2 unspecified atom stereocenters. The van der Waals surface area contributed by atoms with Crippen LogP contribution in [0.15, 0.2) is 42.5 Å². The standard InChI is InChI=1S/C23H32ClNO2.C4H8/c1-3-4-13-27-16-18-15-25(19-10-6-5-7-11-19)23(26)21(18)14-20-17(2)9-8-12-22(20)24;1-3-4-2/h3-4,8-9,12,18-19,21H,5-7,10-11,13-16H2,1-2H3;3-4H,1-2H3/b2*4-3-. The maximum absolute atomic E-state index is 13.3. The number of rotatable bonds is 7. The summed E-state index contributed by atoms with van der Waals surface area (Å²) in [6, 6.07) is 6.40. The van der Waals surface area contributed by atoms with Gasteiger partial charge in [-0.2, -0.15) is 0 Å². The molecule has 1 aromatic rings. The molecule has 4 heteroatoms. The number of aryl methyl sites for hydroxylation is 1. The predicted molar refractivity (Wildman–Crippen MR) is 132 cm³/mol. The Labute approximate surface area is 194 Å². The van der Waals surface area contributed by atoms with Crippen molar-refractivity contribution in [3.05, 3.63) is 58.7 Å². The van der Waals surface area contributed by atoms with Crippen LogP contribution in [0.3, 0.4) is 0 Å². The highest BCUT2D eigenvalue weighted by molar-refractivity contribution is 6.31. The molecule has 0 spiro atoms. The van der Waals surface area contributed by atoms with Crippen LogP contribution in [0.1, 0.15) is 64.0 Å². The second-order valence-corrected chi connectivity index (χ2v) is 9.07. The summed E-state index contributed by atoms with van der Waals surface area (Å²) in [7, 11) is 0. The third kappa shape index (κ3) is 7.50. The zero-order valence-corrected chi connectivity index (χ0v) is 20.5. The molecule has 1 saturated carbocycles. The number of carbonyl (C=O) groups excluding carboxylic acids is 1. The van der Waals surface area contributed by atoms with Crippen LogP contribution in [0.25, 0.3) is 0 Å². The van der Waals surface area contributed by atoms with Crippen molar-refractivity contribution in [2.24, 2.45) is 11.8 Å². The van der Waals surface area contributed by atoms with E-state index in [9.17, 15) is 4.79 Å². The van der Waals surface area contributed by atoms with Crippen molar-refractivity contribution in [2.45, 2.75) is 72.3 Å². The van der Waals surface area contributed by atoms with Crippen LogP contribution in [-0.2, 0) is 16.0 Å². The third-order valence-electron chi connectivity index (χ3n) is 6.51. The minimum atomic E-state index is -0.0314. The summed E-state index contributed by atoms with van der Waals surface area (Å²) in [5.41, 5.74) is 2.28. The molecule has 172 valence electrons. The van der Waals surface area contributed by atoms with Gasteiger partial charge in [0.15, 0.2) is 0 Å². The van der Waals surface area contributed by atoms with Gasteiger partial charge in [0.05, 0.1) is 13.2 Å². The second kappa shape index (κ2) is 13.8. The van der Waals surface area contributed by atoms with Crippen LogP contribution in [0.4, 0.5) is 0 Å². The Morgan fingerprint density at radius 1 is 1.10 bits per heavy atom. The van der Waals surface area contributed by atoms with Gasteiger partial charge < -0.3 is 9.64 Å². The van der Waals surface area contributed by atoms with E-state index in [1.807, 2.05) is 57.2 Å². The van der Waals surface area contributed by atoms with Crippen molar-refractivity contribution in [3.8, 4) is 0 Å². The van der Waals surface area contributed by atoms with E-state index in [0.717, 1.165) is 30.0 Å². The van der Waals surface area contributed by atoms with Gasteiger partial charge >= 0.3 is 0 Å². The number of carbonyl (C=O) groups is 1. The number of halogens is 1. The molecule has 2 fully saturated rings. The number of likely N-dealkylation sites (tertiary alicyclic amines) is 1. The van der Waals surface area contributed by atoms with E-state index >= 15 is 0 Å². The molecule has 0 bridgehead atoms. The summed E-state index contributed by atoms with van der Waals surface area (Å²) >= 11 is 6.47. The highest BCUT2D eigenvalue weighted by Gasteiger charge is 2.43. The first-order valence-electron chi connectivity index (χ1n) is 11.8. The Bertz CT molecular complexity index is 713. The Balaban J connectivity index is 0.000000785. The largest absolute Gasteiger partial charge is 0.377 e. The smallest absolute Gasteiger partial charge is 0.226 e. The number of allylic oxidation sites excluding steroid dienone is 3. The van der Waals surface area contributed by atoms with E-state index in [-0.39, 0.29) is 11.8 Å². The lowest BCUT2D eigenvalue weighted by Crippen LogP contribution is -2.39. The molecular weight excluding hydrogens is 406 g/mol. The fraction of sp³-hybridized carbons (Fsp3) is 0.593. The van der Waals surface area contributed by atoms with Crippen molar-refractivity contribution in [3.63, 3.8) is 0 Å². The molecule has 1 heterocycles. The fourth-order valence-corrected chi connectivity index (χ4v) is 4.86. The summed E-state index contributed by atoms with van der Waals surface area (Å²) in [5.74, 6) is 0.511. The molecule has 1 saturated heterocycles. The normalized spacial score (nSPS) is 22.4. The van der Waals surface area contributed by atoms with E-state index in [4.69, 9.17) is 16.3 Å². The SMILES string of the molecule is C/C=C\C.C/C=C\COCC1CN(C2CCCCC2)C(=O)C1Cc1c(C)cccc1Cl. The van der Waals surface area contributed by atoms with Gasteiger partial charge in [-0.1, -0.05) is 67.3 Å². The van der Waals surface area contributed by atoms with Gasteiger partial charge in [-0.05, 0) is 64.2 Å². The maximum Gasteiger partial charge on any atom is 0.226 e. The van der Waals surface area contributed by atoms with Crippen LogP contribution in [0.2, 0.25) is 5.02 Å². The van der Waals surface area contributed by atoms with Crippen molar-refractivity contribution in [2.75, 3.05) is 19.8 Å². The number of nitrogens with zero attached hydrogens (tertiary/aromatic N) is 1. The van der Waals surface area contributed by atoms with Gasteiger partial charge in [0, 0.05) is 29.4 Å². The molecule has 3 nitrogen and oxygen atoms in total. The zero-order valence-electron chi connectivity index (χ0n) is 19.8. The first kappa shape index (κ1) is 25.7. The monoisotopic (exact) mass is 445 g/mol. The Morgan fingerprint density at radius 2 is 1.81 bits per heavy atom. The lowest BCUT2D eigenvalue weighted by atomic mass is 9.88. The Kier molecular flexibility index (Phi) is 11.4. The highest BCUT2D eigenvalue weighted by Crippen LogP contribution is 2.35. The molecule has 3 rings (SSSR count). The fourth-order valence-electron chi connectivity index (χ4n) is 4.56. The van der Waals surface area contributed by atoms with Gasteiger partial charge in [-0.25, -0.2) is 0 Å². The Hall–Kier alpha value is -1.58. The molecule has 1 aliphatic heterocycles. The molecule has 2 aliphatic rings. The second-order valence-electron chi connectivity index (χ2n) is 8.66. The van der Waals surface area contributed by atoms with E-state index in [1.54, 1.807) is 0 Å². The lowest BCUT2D eigenvalue weighted by Gasteiger charge is -2.31. The maximum atomic E-state index is 13.3. The number of ether oxygens (including phenoxy) is 1. The van der Waals surface area contributed by atoms with E-state index in [0.29, 0.717) is 31.6 Å². The van der Waals surface area contributed by atoms with Crippen molar-refractivity contribution in [1.82, 2.24) is 4.90 Å². The summed E-state index contributed by atoms with van der Waals surface area (Å²) in [4.78, 5) is 15.5.